The number of hydrogen-bond donors (Lipinski definition) is 4. The Hall–Kier alpha value is -3.06. The van der Waals surface area contributed by atoms with E-state index in [-0.39, 0.29) is 11.5 Å². The fourth-order valence-electron chi connectivity index (χ4n) is 2.68. The van der Waals surface area contributed by atoms with Crippen molar-refractivity contribution in [3.05, 3.63) is 59.2 Å². The lowest BCUT2D eigenvalue weighted by atomic mass is 10.1. The van der Waals surface area contributed by atoms with Gasteiger partial charge in [0.15, 0.2) is 11.5 Å². The zero-order valence-corrected chi connectivity index (χ0v) is 13.1. The van der Waals surface area contributed by atoms with Crippen LogP contribution in [0, 0.1) is 6.92 Å². The Bertz CT molecular complexity index is 894. The highest BCUT2D eigenvalue weighted by molar-refractivity contribution is 5.95. The van der Waals surface area contributed by atoms with Crippen molar-refractivity contribution < 1.29 is 19.2 Å². The summed E-state index contributed by atoms with van der Waals surface area (Å²) in [5, 5.41) is 12.4. The molecule has 0 aliphatic rings. The van der Waals surface area contributed by atoms with Gasteiger partial charge in [0.25, 0.3) is 5.91 Å². The van der Waals surface area contributed by atoms with Gasteiger partial charge in [-0.05, 0) is 37.1 Å². The number of para-hydroxylation sites is 1. The first-order valence-corrected chi connectivity index (χ1v) is 7.49. The SMILES string of the molecule is Cc1[nH]c2ccccc2c1CCNC(=O)c1ccc(C(=O)NO)o1. The standard InChI is InChI=1S/C17H17N3O4/c1-10-11(12-4-2-3-5-13(12)19-10)8-9-18-16(21)14-6-7-15(24-14)17(22)20-23/h2-7,19,23H,8-9H2,1H3,(H,18,21)(H,20,22). The number of H-pyrrole nitrogens is 1. The van der Waals surface area contributed by atoms with E-state index in [4.69, 9.17) is 9.62 Å². The number of rotatable bonds is 5. The van der Waals surface area contributed by atoms with E-state index in [2.05, 4.69) is 10.3 Å². The number of fused-ring (bicyclic) bond motifs is 1. The van der Waals surface area contributed by atoms with Crippen molar-refractivity contribution in [3.8, 4) is 0 Å². The van der Waals surface area contributed by atoms with Crippen molar-refractivity contribution in [2.24, 2.45) is 0 Å². The van der Waals surface area contributed by atoms with Crippen LogP contribution in [0.25, 0.3) is 10.9 Å². The third-order valence-electron chi connectivity index (χ3n) is 3.84. The van der Waals surface area contributed by atoms with E-state index in [1.165, 1.54) is 17.6 Å². The molecule has 7 heteroatoms. The Morgan fingerprint density at radius 3 is 2.58 bits per heavy atom. The number of furan rings is 1. The third-order valence-corrected chi connectivity index (χ3v) is 3.84. The van der Waals surface area contributed by atoms with Gasteiger partial charge in [0.05, 0.1) is 0 Å². The monoisotopic (exact) mass is 327 g/mol. The first kappa shape index (κ1) is 15.8. The maximum atomic E-state index is 12.0. The van der Waals surface area contributed by atoms with Gasteiger partial charge >= 0.3 is 5.91 Å². The van der Waals surface area contributed by atoms with Crippen LogP contribution in [0.15, 0.2) is 40.8 Å². The van der Waals surface area contributed by atoms with Crippen LogP contribution in [0.2, 0.25) is 0 Å². The number of carbonyl (C=O) groups is 2. The number of carbonyl (C=O) groups excluding carboxylic acids is 2. The average molecular weight is 327 g/mol. The minimum absolute atomic E-state index is 0.0178. The van der Waals surface area contributed by atoms with Crippen molar-refractivity contribution in [1.82, 2.24) is 15.8 Å². The van der Waals surface area contributed by atoms with E-state index < -0.39 is 11.8 Å². The zero-order valence-electron chi connectivity index (χ0n) is 13.1. The van der Waals surface area contributed by atoms with Crippen molar-refractivity contribution >= 4 is 22.7 Å². The predicted molar refractivity (Wildman–Crippen MR) is 87.0 cm³/mol. The van der Waals surface area contributed by atoms with Crippen LogP contribution < -0.4 is 10.8 Å². The van der Waals surface area contributed by atoms with E-state index in [0.29, 0.717) is 13.0 Å². The quantitative estimate of drug-likeness (QED) is 0.425. The lowest BCUT2D eigenvalue weighted by Gasteiger charge is -2.04. The summed E-state index contributed by atoms with van der Waals surface area (Å²) in [6.45, 7) is 2.44. The van der Waals surface area contributed by atoms with Crippen molar-refractivity contribution in [1.29, 1.82) is 0 Å². The molecule has 4 N–H and O–H groups in total. The normalized spacial score (nSPS) is 10.8. The molecule has 2 heterocycles. The van der Waals surface area contributed by atoms with Gasteiger partial charge in [-0.15, -0.1) is 0 Å². The zero-order chi connectivity index (χ0) is 17.1. The molecule has 0 fully saturated rings. The third kappa shape index (κ3) is 3.02. The molecule has 124 valence electrons. The number of aromatic nitrogens is 1. The molecule has 0 bridgehead atoms. The Balaban J connectivity index is 1.63. The van der Waals surface area contributed by atoms with Gasteiger partial charge in [-0.1, -0.05) is 18.2 Å². The first-order chi connectivity index (χ1) is 11.6. The molecule has 24 heavy (non-hydrogen) atoms. The molecule has 0 aliphatic carbocycles. The van der Waals surface area contributed by atoms with Crippen molar-refractivity contribution in [2.75, 3.05) is 6.54 Å². The lowest BCUT2D eigenvalue weighted by molar-refractivity contribution is 0.0673. The molecule has 0 unspecified atom stereocenters. The summed E-state index contributed by atoms with van der Waals surface area (Å²) < 4.78 is 5.09. The molecule has 0 radical (unpaired) electrons. The lowest BCUT2D eigenvalue weighted by Crippen LogP contribution is -2.25. The first-order valence-electron chi connectivity index (χ1n) is 7.49. The van der Waals surface area contributed by atoms with Gasteiger partial charge < -0.3 is 14.7 Å². The number of aromatic amines is 1. The number of nitrogens with one attached hydrogen (secondary N) is 3. The van der Waals surface area contributed by atoms with E-state index in [1.54, 1.807) is 0 Å². The molecule has 0 atom stereocenters. The van der Waals surface area contributed by atoms with Crippen LogP contribution in [-0.2, 0) is 6.42 Å². The van der Waals surface area contributed by atoms with E-state index in [1.807, 2.05) is 31.2 Å². The molecule has 0 spiro atoms. The minimum atomic E-state index is -0.802. The number of benzene rings is 1. The molecule has 1 aromatic carbocycles. The van der Waals surface area contributed by atoms with Crippen LogP contribution >= 0.6 is 0 Å². The van der Waals surface area contributed by atoms with Crippen LogP contribution in [-0.4, -0.2) is 28.6 Å². The topological polar surface area (TPSA) is 107 Å². The summed E-state index contributed by atoms with van der Waals surface area (Å²) in [6, 6.07) is 10.7. The molecular formula is C17H17N3O4. The highest BCUT2D eigenvalue weighted by Crippen LogP contribution is 2.21. The summed E-state index contributed by atoms with van der Waals surface area (Å²) in [5.41, 5.74) is 4.75. The van der Waals surface area contributed by atoms with Gasteiger partial charge in [0, 0.05) is 23.1 Å². The summed E-state index contributed by atoms with van der Waals surface area (Å²) in [6.07, 6.45) is 0.673. The Kier molecular flexibility index (Phi) is 4.35. The maximum absolute atomic E-state index is 12.0. The van der Waals surface area contributed by atoms with Crippen LogP contribution in [0.5, 0.6) is 0 Å². The van der Waals surface area contributed by atoms with E-state index >= 15 is 0 Å². The largest absolute Gasteiger partial charge is 0.446 e. The summed E-state index contributed by atoms with van der Waals surface area (Å²) in [4.78, 5) is 26.5. The molecule has 7 nitrogen and oxygen atoms in total. The smallest absolute Gasteiger partial charge is 0.310 e. The molecule has 3 aromatic rings. The van der Waals surface area contributed by atoms with Gasteiger partial charge in [-0.25, -0.2) is 5.48 Å². The second kappa shape index (κ2) is 6.59. The second-order valence-corrected chi connectivity index (χ2v) is 5.38. The molecule has 2 amide bonds. The van der Waals surface area contributed by atoms with E-state index in [0.717, 1.165) is 22.2 Å². The van der Waals surface area contributed by atoms with E-state index in [9.17, 15) is 9.59 Å². The van der Waals surface area contributed by atoms with Crippen LogP contribution in [0.4, 0.5) is 0 Å². The fourth-order valence-corrected chi connectivity index (χ4v) is 2.68. The number of amides is 2. The second-order valence-electron chi connectivity index (χ2n) is 5.38. The molecule has 2 aromatic heterocycles. The van der Waals surface area contributed by atoms with Crippen LogP contribution in [0.3, 0.4) is 0 Å². The van der Waals surface area contributed by atoms with Gasteiger partial charge in [0.1, 0.15) is 0 Å². The molecular weight excluding hydrogens is 310 g/mol. The highest BCUT2D eigenvalue weighted by atomic mass is 16.5. The maximum Gasteiger partial charge on any atom is 0.310 e. The summed E-state index contributed by atoms with van der Waals surface area (Å²) >= 11 is 0. The molecule has 0 saturated carbocycles. The Morgan fingerprint density at radius 1 is 1.12 bits per heavy atom. The molecule has 0 saturated heterocycles. The molecule has 3 rings (SSSR count). The summed E-state index contributed by atoms with van der Waals surface area (Å²) in [7, 11) is 0. The van der Waals surface area contributed by atoms with Crippen molar-refractivity contribution in [2.45, 2.75) is 13.3 Å². The highest BCUT2D eigenvalue weighted by Gasteiger charge is 2.15. The predicted octanol–water partition coefficient (Wildman–Crippen LogP) is 2.16. The van der Waals surface area contributed by atoms with Crippen molar-refractivity contribution in [3.63, 3.8) is 0 Å². The van der Waals surface area contributed by atoms with Gasteiger partial charge in [-0.2, -0.15) is 0 Å². The number of hydrogen-bond acceptors (Lipinski definition) is 4. The molecule has 0 aliphatic heterocycles. The minimum Gasteiger partial charge on any atom is -0.446 e. The number of hydroxylamine groups is 1. The summed E-state index contributed by atoms with van der Waals surface area (Å²) in [5.74, 6) is -1.33. The van der Waals surface area contributed by atoms with Crippen LogP contribution in [0.1, 0.15) is 32.4 Å². The average Bonchev–Trinajstić information content (AvgIpc) is 3.19. The number of aryl methyl sites for hydroxylation is 1. The Morgan fingerprint density at radius 2 is 1.83 bits per heavy atom. The fraction of sp³-hybridized carbons (Fsp3) is 0.176. The van der Waals surface area contributed by atoms with Gasteiger partial charge in [0.2, 0.25) is 0 Å². The van der Waals surface area contributed by atoms with Gasteiger partial charge in [-0.3, -0.25) is 14.8 Å². The Labute approximate surface area is 137 Å².